The summed E-state index contributed by atoms with van der Waals surface area (Å²) in [5.41, 5.74) is 1.90. The topological polar surface area (TPSA) is 47.6 Å². The van der Waals surface area contributed by atoms with Crippen molar-refractivity contribution in [1.82, 2.24) is 5.32 Å². The van der Waals surface area contributed by atoms with E-state index < -0.39 is 0 Å². The summed E-state index contributed by atoms with van der Waals surface area (Å²) in [5, 5.41) is 2.84. The van der Waals surface area contributed by atoms with E-state index in [1.165, 1.54) is 6.08 Å². The highest BCUT2D eigenvalue weighted by molar-refractivity contribution is 9.10. The predicted octanol–water partition coefficient (Wildman–Crippen LogP) is 3.80. The van der Waals surface area contributed by atoms with Gasteiger partial charge in [0.05, 0.1) is 18.7 Å². The van der Waals surface area contributed by atoms with Gasteiger partial charge in [0.2, 0.25) is 5.91 Å². The van der Waals surface area contributed by atoms with Gasteiger partial charge in [0.15, 0.2) is 11.5 Å². The highest BCUT2D eigenvalue weighted by Gasteiger charge is 2.09. The molecule has 2 aromatic rings. The van der Waals surface area contributed by atoms with Gasteiger partial charge in [-0.15, -0.1) is 0 Å². The molecule has 120 valence electrons. The molecule has 4 nitrogen and oxygen atoms in total. The van der Waals surface area contributed by atoms with E-state index in [-0.39, 0.29) is 5.91 Å². The van der Waals surface area contributed by atoms with E-state index in [1.807, 2.05) is 42.5 Å². The van der Waals surface area contributed by atoms with Crippen molar-refractivity contribution in [2.24, 2.45) is 0 Å². The molecule has 0 bridgehead atoms. The van der Waals surface area contributed by atoms with Crippen LogP contribution in [0.3, 0.4) is 0 Å². The fourth-order valence-electron chi connectivity index (χ4n) is 2.05. The van der Waals surface area contributed by atoms with E-state index in [1.54, 1.807) is 20.3 Å². The van der Waals surface area contributed by atoms with Crippen LogP contribution in [-0.2, 0) is 11.3 Å². The van der Waals surface area contributed by atoms with Gasteiger partial charge < -0.3 is 14.8 Å². The summed E-state index contributed by atoms with van der Waals surface area (Å²) >= 11 is 3.43. The van der Waals surface area contributed by atoms with Gasteiger partial charge >= 0.3 is 0 Å². The highest BCUT2D eigenvalue weighted by atomic mass is 79.9. The molecule has 0 saturated carbocycles. The summed E-state index contributed by atoms with van der Waals surface area (Å²) in [5.74, 6) is 1.07. The van der Waals surface area contributed by atoms with Crippen LogP contribution in [0.1, 0.15) is 11.1 Å². The third-order valence-corrected chi connectivity index (χ3v) is 3.78. The normalized spacial score (nSPS) is 10.6. The highest BCUT2D eigenvalue weighted by Crippen LogP contribution is 2.36. The van der Waals surface area contributed by atoms with Crippen LogP contribution < -0.4 is 14.8 Å². The molecule has 0 aromatic heterocycles. The number of nitrogens with one attached hydrogen (secondary N) is 1. The van der Waals surface area contributed by atoms with E-state index in [0.29, 0.717) is 18.0 Å². The molecule has 0 heterocycles. The minimum Gasteiger partial charge on any atom is -0.493 e. The summed E-state index contributed by atoms with van der Waals surface area (Å²) in [7, 11) is 3.15. The second kappa shape index (κ2) is 8.39. The number of benzene rings is 2. The number of hydrogen-bond donors (Lipinski definition) is 1. The number of carbonyl (C=O) groups is 1. The van der Waals surface area contributed by atoms with Crippen LogP contribution in [0.2, 0.25) is 0 Å². The lowest BCUT2D eigenvalue weighted by Gasteiger charge is -2.10. The Labute approximate surface area is 144 Å². The molecule has 23 heavy (non-hydrogen) atoms. The lowest BCUT2D eigenvalue weighted by Crippen LogP contribution is -2.20. The Kier molecular flexibility index (Phi) is 6.23. The number of methoxy groups -OCH3 is 2. The second-order valence-electron chi connectivity index (χ2n) is 4.77. The first-order valence-corrected chi connectivity index (χ1v) is 7.84. The molecule has 0 spiro atoms. The number of ether oxygens (including phenoxy) is 2. The summed E-state index contributed by atoms with van der Waals surface area (Å²) in [6.45, 7) is 0.500. The van der Waals surface area contributed by atoms with Crippen molar-refractivity contribution < 1.29 is 14.3 Å². The summed E-state index contributed by atoms with van der Waals surface area (Å²) in [6, 6.07) is 13.4. The Bertz CT molecular complexity index is 699. The van der Waals surface area contributed by atoms with Crippen molar-refractivity contribution in [1.29, 1.82) is 0 Å². The Morgan fingerprint density at radius 2 is 1.91 bits per heavy atom. The molecular weight excluding hydrogens is 358 g/mol. The number of rotatable bonds is 6. The van der Waals surface area contributed by atoms with Gasteiger partial charge in [-0.05, 0) is 45.3 Å². The monoisotopic (exact) mass is 375 g/mol. The quantitative estimate of drug-likeness (QED) is 0.781. The molecule has 0 saturated heterocycles. The standard InChI is InChI=1S/C18H18BrNO3/c1-22-16-11-14(10-15(19)18(16)23-2)8-9-17(21)20-12-13-6-4-3-5-7-13/h3-11H,12H2,1-2H3,(H,20,21)/b9-8+. The lowest BCUT2D eigenvalue weighted by atomic mass is 10.2. The first kappa shape index (κ1) is 17.1. The van der Waals surface area contributed by atoms with Crippen molar-refractivity contribution in [3.8, 4) is 11.5 Å². The molecule has 1 N–H and O–H groups in total. The van der Waals surface area contributed by atoms with Crippen molar-refractivity contribution >= 4 is 27.9 Å². The smallest absolute Gasteiger partial charge is 0.244 e. The molecule has 2 aromatic carbocycles. The van der Waals surface area contributed by atoms with Crippen LogP contribution in [0.5, 0.6) is 11.5 Å². The molecule has 0 unspecified atom stereocenters. The Balaban J connectivity index is 2.02. The van der Waals surface area contributed by atoms with Crippen LogP contribution >= 0.6 is 15.9 Å². The van der Waals surface area contributed by atoms with E-state index in [0.717, 1.165) is 15.6 Å². The molecule has 0 fully saturated rings. The van der Waals surface area contributed by atoms with Crippen LogP contribution in [0.25, 0.3) is 6.08 Å². The Morgan fingerprint density at radius 1 is 1.17 bits per heavy atom. The maximum absolute atomic E-state index is 11.9. The summed E-state index contributed by atoms with van der Waals surface area (Å²) < 4.78 is 11.3. The molecule has 0 atom stereocenters. The van der Waals surface area contributed by atoms with Crippen LogP contribution in [-0.4, -0.2) is 20.1 Å². The summed E-state index contributed by atoms with van der Waals surface area (Å²) in [4.78, 5) is 11.9. The van der Waals surface area contributed by atoms with Gasteiger partial charge in [-0.2, -0.15) is 0 Å². The maximum atomic E-state index is 11.9. The third-order valence-electron chi connectivity index (χ3n) is 3.19. The molecular formula is C18H18BrNO3. The van der Waals surface area contributed by atoms with E-state index in [2.05, 4.69) is 21.2 Å². The van der Waals surface area contributed by atoms with Crippen LogP contribution in [0, 0.1) is 0 Å². The minimum absolute atomic E-state index is 0.153. The zero-order valence-electron chi connectivity index (χ0n) is 13.0. The maximum Gasteiger partial charge on any atom is 0.244 e. The Morgan fingerprint density at radius 3 is 2.57 bits per heavy atom. The molecule has 5 heteroatoms. The largest absolute Gasteiger partial charge is 0.493 e. The zero-order chi connectivity index (χ0) is 16.7. The molecule has 1 amide bonds. The van der Waals surface area contributed by atoms with Crippen LogP contribution in [0.15, 0.2) is 53.0 Å². The fraction of sp³-hybridized carbons (Fsp3) is 0.167. The number of halogens is 1. The molecule has 2 rings (SSSR count). The van der Waals surface area contributed by atoms with Crippen molar-refractivity contribution in [3.05, 3.63) is 64.1 Å². The minimum atomic E-state index is -0.153. The first-order valence-electron chi connectivity index (χ1n) is 7.05. The predicted molar refractivity (Wildman–Crippen MR) is 94.6 cm³/mol. The lowest BCUT2D eigenvalue weighted by molar-refractivity contribution is -0.116. The molecule has 0 aliphatic heterocycles. The second-order valence-corrected chi connectivity index (χ2v) is 5.63. The summed E-state index contributed by atoms with van der Waals surface area (Å²) in [6.07, 6.45) is 3.23. The molecule has 0 aliphatic carbocycles. The van der Waals surface area contributed by atoms with Gasteiger partial charge in [-0.25, -0.2) is 0 Å². The zero-order valence-corrected chi connectivity index (χ0v) is 14.6. The van der Waals surface area contributed by atoms with Gasteiger partial charge in [0.25, 0.3) is 0 Å². The van der Waals surface area contributed by atoms with E-state index in [9.17, 15) is 4.79 Å². The van der Waals surface area contributed by atoms with Crippen molar-refractivity contribution in [2.75, 3.05) is 14.2 Å². The average Bonchev–Trinajstić information content (AvgIpc) is 2.58. The van der Waals surface area contributed by atoms with E-state index in [4.69, 9.17) is 9.47 Å². The van der Waals surface area contributed by atoms with Gasteiger partial charge in [-0.1, -0.05) is 30.3 Å². The third kappa shape index (κ3) is 4.86. The van der Waals surface area contributed by atoms with Gasteiger partial charge in [0, 0.05) is 12.6 Å². The molecule has 0 aliphatic rings. The average molecular weight is 376 g/mol. The number of carbonyl (C=O) groups excluding carboxylic acids is 1. The van der Waals surface area contributed by atoms with Gasteiger partial charge in [0.1, 0.15) is 0 Å². The van der Waals surface area contributed by atoms with E-state index >= 15 is 0 Å². The first-order chi connectivity index (χ1) is 11.1. The molecule has 0 radical (unpaired) electrons. The number of hydrogen-bond acceptors (Lipinski definition) is 3. The number of amides is 1. The Hall–Kier alpha value is -2.27. The fourth-order valence-corrected chi connectivity index (χ4v) is 2.67. The van der Waals surface area contributed by atoms with Crippen LogP contribution in [0.4, 0.5) is 0 Å². The van der Waals surface area contributed by atoms with Gasteiger partial charge in [-0.3, -0.25) is 4.79 Å². The van der Waals surface area contributed by atoms with Crippen molar-refractivity contribution in [2.45, 2.75) is 6.54 Å². The van der Waals surface area contributed by atoms with Crippen molar-refractivity contribution in [3.63, 3.8) is 0 Å². The SMILES string of the molecule is COc1cc(/C=C/C(=O)NCc2ccccc2)cc(Br)c1OC.